The number of hydrogen-bond donors (Lipinski definition) is 2. The zero-order valence-electron chi connectivity index (χ0n) is 10.5. The Hall–Kier alpha value is -2.11. The lowest BCUT2D eigenvalue weighted by Crippen LogP contribution is -2.30. The van der Waals surface area contributed by atoms with Gasteiger partial charge in [0.1, 0.15) is 5.69 Å². The predicted molar refractivity (Wildman–Crippen MR) is 67.7 cm³/mol. The van der Waals surface area contributed by atoms with Crippen LogP contribution >= 0.6 is 0 Å². The van der Waals surface area contributed by atoms with Crippen molar-refractivity contribution in [3.05, 3.63) is 33.9 Å². The molecule has 0 aliphatic rings. The van der Waals surface area contributed by atoms with Crippen molar-refractivity contribution >= 4 is 17.3 Å². The smallest absolute Gasteiger partial charge is 0.308 e. The van der Waals surface area contributed by atoms with E-state index in [-0.39, 0.29) is 5.69 Å². The molecule has 0 aliphatic heterocycles. The number of carboxylic acids is 1. The fourth-order valence-electron chi connectivity index (χ4n) is 1.51. The molecule has 1 rings (SSSR count). The Morgan fingerprint density at radius 1 is 1.44 bits per heavy atom. The Labute approximate surface area is 105 Å². The van der Waals surface area contributed by atoms with Crippen LogP contribution in [0.1, 0.15) is 19.4 Å². The van der Waals surface area contributed by atoms with Gasteiger partial charge in [-0.25, -0.2) is 0 Å². The summed E-state index contributed by atoms with van der Waals surface area (Å²) in [6.07, 6.45) is 0. The Balaban J connectivity index is 2.99. The van der Waals surface area contributed by atoms with Gasteiger partial charge in [-0.1, -0.05) is 6.07 Å². The van der Waals surface area contributed by atoms with E-state index in [1.54, 1.807) is 26.0 Å². The molecule has 0 aromatic heterocycles. The van der Waals surface area contributed by atoms with E-state index >= 15 is 0 Å². The Bertz CT molecular complexity index is 473. The van der Waals surface area contributed by atoms with Crippen LogP contribution in [0.15, 0.2) is 18.2 Å². The molecule has 0 aliphatic carbocycles. The summed E-state index contributed by atoms with van der Waals surface area (Å²) >= 11 is 0. The van der Waals surface area contributed by atoms with Gasteiger partial charge in [-0.2, -0.15) is 0 Å². The molecule has 0 saturated carbocycles. The second-order valence-corrected chi connectivity index (χ2v) is 4.34. The van der Waals surface area contributed by atoms with Crippen LogP contribution in [0.25, 0.3) is 0 Å². The van der Waals surface area contributed by atoms with Crippen LogP contribution < -0.4 is 5.32 Å². The average Bonchev–Trinajstić information content (AvgIpc) is 2.27. The number of nitrogens with one attached hydrogen (secondary N) is 1. The number of nitrogens with zero attached hydrogens (tertiary/aromatic N) is 1. The molecule has 0 heterocycles. The van der Waals surface area contributed by atoms with Crippen molar-refractivity contribution in [2.45, 2.75) is 26.8 Å². The van der Waals surface area contributed by atoms with E-state index in [1.165, 1.54) is 6.07 Å². The zero-order chi connectivity index (χ0) is 13.9. The molecule has 98 valence electrons. The van der Waals surface area contributed by atoms with Crippen LogP contribution in [0.5, 0.6) is 0 Å². The summed E-state index contributed by atoms with van der Waals surface area (Å²) in [7, 11) is 0. The van der Waals surface area contributed by atoms with Gasteiger partial charge in [-0.05, 0) is 32.4 Å². The molecule has 0 spiro atoms. The largest absolute Gasteiger partial charge is 0.481 e. The van der Waals surface area contributed by atoms with Crippen molar-refractivity contribution in [1.82, 2.24) is 0 Å². The summed E-state index contributed by atoms with van der Waals surface area (Å²) in [5.41, 5.74) is 1.17. The normalized spacial score (nSPS) is 13.7. The second kappa shape index (κ2) is 5.48. The highest BCUT2D eigenvalue weighted by molar-refractivity contribution is 5.72. The maximum absolute atomic E-state index is 10.9. The number of carbonyl (C=O) groups is 1. The molecule has 0 amide bonds. The van der Waals surface area contributed by atoms with Gasteiger partial charge >= 0.3 is 5.97 Å². The number of aryl methyl sites for hydroxylation is 1. The molecular formula is C12H16N2O4. The molecular weight excluding hydrogens is 236 g/mol. The first-order valence-electron chi connectivity index (χ1n) is 5.57. The first-order chi connectivity index (χ1) is 8.32. The summed E-state index contributed by atoms with van der Waals surface area (Å²) < 4.78 is 0. The number of nitro groups is 1. The summed E-state index contributed by atoms with van der Waals surface area (Å²) in [6, 6.07) is 4.30. The lowest BCUT2D eigenvalue weighted by Gasteiger charge is -2.19. The van der Waals surface area contributed by atoms with E-state index in [2.05, 4.69) is 5.32 Å². The minimum atomic E-state index is -0.940. The van der Waals surface area contributed by atoms with Gasteiger partial charge in [0.25, 0.3) is 5.69 Å². The average molecular weight is 252 g/mol. The third-order valence-corrected chi connectivity index (χ3v) is 2.87. The fourth-order valence-corrected chi connectivity index (χ4v) is 1.51. The maximum Gasteiger partial charge on any atom is 0.308 e. The molecule has 2 atom stereocenters. The van der Waals surface area contributed by atoms with Crippen LogP contribution in [0, 0.1) is 23.0 Å². The molecule has 0 fully saturated rings. The van der Waals surface area contributed by atoms with Gasteiger partial charge in [0.05, 0.1) is 10.8 Å². The van der Waals surface area contributed by atoms with Gasteiger partial charge in [0, 0.05) is 12.1 Å². The first-order valence-corrected chi connectivity index (χ1v) is 5.57. The maximum atomic E-state index is 10.9. The van der Waals surface area contributed by atoms with Crippen LogP contribution in [-0.2, 0) is 4.79 Å². The van der Waals surface area contributed by atoms with Crippen molar-refractivity contribution in [2.24, 2.45) is 5.92 Å². The molecule has 0 bridgehead atoms. The van der Waals surface area contributed by atoms with E-state index in [4.69, 9.17) is 5.11 Å². The number of anilines is 1. The monoisotopic (exact) mass is 252 g/mol. The first kappa shape index (κ1) is 14.0. The standard InChI is InChI=1S/C12H16N2O4/c1-7-4-5-11(14(17)18)10(6-7)13-9(3)8(2)12(15)16/h4-6,8-9,13H,1-3H3,(H,15,16). The van der Waals surface area contributed by atoms with E-state index in [0.717, 1.165) is 5.56 Å². The Kier molecular flexibility index (Phi) is 4.25. The number of carboxylic acid groups (broad SMARTS) is 1. The molecule has 2 N–H and O–H groups in total. The molecule has 6 heteroatoms. The highest BCUT2D eigenvalue weighted by atomic mass is 16.6. The lowest BCUT2D eigenvalue weighted by atomic mass is 10.0. The highest BCUT2D eigenvalue weighted by Crippen LogP contribution is 2.26. The van der Waals surface area contributed by atoms with Gasteiger partial charge in [-0.3, -0.25) is 14.9 Å². The topological polar surface area (TPSA) is 92.5 Å². The van der Waals surface area contributed by atoms with Crippen molar-refractivity contribution in [3.8, 4) is 0 Å². The summed E-state index contributed by atoms with van der Waals surface area (Å²) in [6.45, 7) is 5.06. The number of benzene rings is 1. The molecule has 2 unspecified atom stereocenters. The van der Waals surface area contributed by atoms with E-state index in [0.29, 0.717) is 5.69 Å². The Morgan fingerprint density at radius 3 is 2.56 bits per heavy atom. The summed E-state index contributed by atoms with van der Waals surface area (Å²) in [5.74, 6) is -1.57. The van der Waals surface area contributed by atoms with Gasteiger partial charge in [0.15, 0.2) is 0 Å². The van der Waals surface area contributed by atoms with Crippen LogP contribution in [0.3, 0.4) is 0 Å². The Morgan fingerprint density at radius 2 is 2.06 bits per heavy atom. The number of rotatable bonds is 5. The summed E-state index contributed by atoms with van der Waals surface area (Å²) in [4.78, 5) is 21.2. The molecule has 18 heavy (non-hydrogen) atoms. The van der Waals surface area contributed by atoms with Gasteiger partial charge in [-0.15, -0.1) is 0 Å². The van der Waals surface area contributed by atoms with Gasteiger partial charge in [0.2, 0.25) is 0 Å². The van der Waals surface area contributed by atoms with E-state index in [9.17, 15) is 14.9 Å². The van der Waals surface area contributed by atoms with Crippen LogP contribution in [-0.4, -0.2) is 22.0 Å². The minimum absolute atomic E-state index is 0.0509. The zero-order valence-corrected chi connectivity index (χ0v) is 10.5. The summed E-state index contributed by atoms with van der Waals surface area (Å²) in [5, 5.41) is 22.6. The number of nitro benzene ring substituents is 1. The lowest BCUT2D eigenvalue weighted by molar-refractivity contribution is -0.384. The van der Waals surface area contributed by atoms with E-state index in [1.807, 2.05) is 6.92 Å². The molecule has 0 radical (unpaired) electrons. The van der Waals surface area contributed by atoms with E-state index < -0.39 is 22.9 Å². The molecule has 6 nitrogen and oxygen atoms in total. The third-order valence-electron chi connectivity index (χ3n) is 2.87. The number of aliphatic carboxylic acids is 1. The molecule has 0 saturated heterocycles. The SMILES string of the molecule is Cc1ccc([N+](=O)[O-])c(NC(C)C(C)C(=O)O)c1. The van der Waals surface area contributed by atoms with Crippen molar-refractivity contribution in [2.75, 3.05) is 5.32 Å². The predicted octanol–water partition coefficient (Wildman–Crippen LogP) is 2.42. The van der Waals surface area contributed by atoms with Crippen LogP contribution in [0.2, 0.25) is 0 Å². The second-order valence-electron chi connectivity index (χ2n) is 4.34. The van der Waals surface area contributed by atoms with Crippen LogP contribution in [0.4, 0.5) is 11.4 Å². The van der Waals surface area contributed by atoms with Crippen molar-refractivity contribution < 1.29 is 14.8 Å². The van der Waals surface area contributed by atoms with Crippen molar-refractivity contribution in [3.63, 3.8) is 0 Å². The molecule has 1 aromatic carbocycles. The third kappa shape index (κ3) is 3.19. The highest BCUT2D eigenvalue weighted by Gasteiger charge is 2.22. The van der Waals surface area contributed by atoms with Crippen molar-refractivity contribution in [1.29, 1.82) is 0 Å². The minimum Gasteiger partial charge on any atom is -0.481 e. The quantitative estimate of drug-likeness (QED) is 0.620. The fraction of sp³-hybridized carbons (Fsp3) is 0.417. The number of hydrogen-bond acceptors (Lipinski definition) is 4. The van der Waals surface area contributed by atoms with Gasteiger partial charge < -0.3 is 10.4 Å². The molecule has 1 aromatic rings.